The van der Waals surface area contributed by atoms with Crippen LogP contribution >= 0.6 is 11.8 Å². The minimum atomic E-state index is -0.351. The zero-order chi connectivity index (χ0) is 17.8. The summed E-state index contributed by atoms with van der Waals surface area (Å²) in [6.45, 7) is 1.82. The van der Waals surface area contributed by atoms with Crippen molar-refractivity contribution in [2.75, 3.05) is 0 Å². The van der Waals surface area contributed by atoms with Crippen molar-refractivity contribution in [1.82, 2.24) is 14.8 Å². The summed E-state index contributed by atoms with van der Waals surface area (Å²) in [6, 6.07) is 15.7. The van der Waals surface area contributed by atoms with Crippen LogP contribution in [0.2, 0.25) is 0 Å². The van der Waals surface area contributed by atoms with Gasteiger partial charge < -0.3 is 4.57 Å². The summed E-state index contributed by atoms with van der Waals surface area (Å²) in [5.41, 5.74) is 1.65. The molecule has 1 heterocycles. The molecule has 3 rings (SSSR count). The first kappa shape index (κ1) is 17.4. The number of Topliss-reactive ketones (excluding diaryl/α,β-unsaturated/α-hetero) is 1. The Balaban J connectivity index is 1.70. The highest BCUT2D eigenvalue weighted by molar-refractivity contribution is 8.00. The Kier molecular flexibility index (Phi) is 5.28. The van der Waals surface area contributed by atoms with Gasteiger partial charge in [0.05, 0.1) is 5.25 Å². The highest BCUT2D eigenvalue weighted by Gasteiger charge is 2.20. The lowest BCUT2D eigenvalue weighted by Crippen LogP contribution is -2.14. The van der Waals surface area contributed by atoms with Gasteiger partial charge >= 0.3 is 0 Å². The summed E-state index contributed by atoms with van der Waals surface area (Å²) in [4.78, 5) is 12.5. The molecular formula is C19H18FN3OS. The largest absolute Gasteiger partial charge is 0.309 e. The quantitative estimate of drug-likeness (QED) is 0.497. The molecule has 0 aliphatic carbocycles. The molecule has 0 amide bonds. The Morgan fingerprint density at radius 1 is 1.12 bits per heavy atom. The van der Waals surface area contributed by atoms with Crippen LogP contribution < -0.4 is 0 Å². The van der Waals surface area contributed by atoms with E-state index in [-0.39, 0.29) is 16.9 Å². The van der Waals surface area contributed by atoms with Crippen LogP contribution in [0.4, 0.5) is 4.39 Å². The van der Waals surface area contributed by atoms with E-state index < -0.39 is 0 Å². The second kappa shape index (κ2) is 7.61. The molecule has 0 unspecified atom stereocenters. The molecule has 0 saturated carbocycles. The second-order valence-corrected chi connectivity index (χ2v) is 7.06. The highest BCUT2D eigenvalue weighted by atomic mass is 32.2. The predicted octanol–water partition coefficient (Wildman–Crippen LogP) is 3.91. The lowest BCUT2D eigenvalue weighted by atomic mass is 10.1. The molecule has 25 heavy (non-hydrogen) atoms. The van der Waals surface area contributed by atoms with Gasteiger partial charge in [-0.3, -0.25) is 4.79 Å². The van der Waals surface area contributed by atoms with Crippen molar-refractivity contribution in [3.63, 3.8) is 0 Å². The third-order valence-electron chi connectivity index (χ3n) is 3.91. The van der Waals surface area contributed by atoms with Crippen LogP contribution in [0.25, 0.3) is 0 Å². The topological polar surface area (TPSA) is 47.8 Å². The number of ketones is 1. The molecule has 0 aliphatic rings. The maximum Gasteiger partial charge on any atom is 0.191 e. The normalized spacial score (nSPS) is 12.1. The summed E-state index contributed by atoms with van der Waals surface area (Å²) >= 11 is 1.35. The van der Waals surface area contributed by atoms with Crippen LogP contribution in [0.1, 0.15) is 28.7 Å². The molecule has 0 N–H and O–H groups in total. The average Bonchev–Trinajstić information content (AvgIpc) is 2.96. The smallest absolute Gasteiger partial charge is 0.191 e. The third kappa shape index (κ3) is 4.14. The van der Waals surface area contributed by atoms with E-state index in [1.54, 1.807) is 0 Å². The van der Waals surface area contributed by atoms with Gasteiger partial charge in [0.25, 0.3) is 0 Å². The van der Waals surface area contributed by atoms with Crippen molar-refractivity contribution < 1.29 is 9.18 Å². The predicted molar refractivity (Wildman–Crippen MR) is 96.3 cm³/mol. The average molecular weight is 355 g/mol. The molecule has 0 radical (unpaired) electrons. The summed E-state index contributed by atoms with van der Waals surface area (Å²) in [7, 11) is 1.90. The van der Waals surface area contributed by atoms with Gasteiger partial charge in [-0.05, 0) is 36.8 Å². The van der Waals surface area contributed by atoms with E-state index in [0.717, 1.165) is 11.4 Å². The minimum Gasteiger partial charge on any atom is -0.309 e. The first-order valence-electron chi connectivity index (χ1n) is 7.93. The monoisotopic (exact) mass is 355 g/mol. The molecule has 0 bridgehead atoms. The number of nitrogens with zero attached hydrogens (tertiary/aromatic N) is 3. The van der Waals surface area contributed by atoms with Gasteiger partial charge in [-0.2, -0.15) is 0 Å². The molecule has 0 fully saturated rings. The van der Waals surface area contributed by atoms with Crippen LogP contribution in [-0.2, 0) is 13.5 Å². The van der Waals surface area contributed by atoms with Gasteiger partial charge in [0, 0.05) is 19.0 Å². The van der Waals surface area contributed by atoms with Gasteiger partial charge in [-0.25, -0.2) is 4.39 Å². The number of carbonyl (C=O) groups excluding carboxylic acids is 1. The summed E-state index contributed by atoms with van der Waals surface area (Å²) in [6.07, 6.45) is 0.686. The first-order valence-corrected chi connectivity index (χ1v) is 8.81. The molecule has 0 spiro atoms. The molecule has 3 aromatic rings. The van der Waals surface area contributed by atoms with Gasteiger partial charge in [0.15, 0.2) is 10.9 Å². The van der Waals surface area contributed by atoms with Crippen molar-refractivity contribution in [3.8, 4) is 0 Å². The zero-order valence-electron chi connectivity index (χ0n) is 14.0. The minimum absolute atomic E-state index is 0.0578. The molecule has 6 heteroatoms. The Hall–Kier alpha value is -2.47. The third-order valence-corrected chi connectivity index (χ3v) is 5.04. The fraction of sp³-hybridized carbons (Fsp3) is 0.211. The maximum absolute atomic E-state index is 13.0. The summed E-state index contributed by atoms with van der Waals surface area (Å²) < 4.78 is 14.9. The van der Waals surface area contributed by atoms with Gasteiger partial charge in [-0.1, -0.05) is 42.1 Å². The lowest BCUT2D eigenvalue weighted by molar-refractivity contribution is 0.0994. The van der Waals surface area contributed by atoms with E-state index in [1.807, 2.05) is 48.9 Å². The summed E-state index contributed by atoms with van der Waals surface area (Å²) in [5.74, 6) is 0.434. The number of aromatic nitrogens is 3. The molecular weight excluding hydrogens is 337 g/mol. The van der Waals surface area contributed by atoms with E-state index in [0.29, 0.717) is 17.1 Å². The Bertz CT molecular complexity index is 862. The number of hydrogen-bond acceptors (Lipinski definition) is 4. The molecule has 0 aliphatic heterocycles. The zero-order valence-corrected chi connectivity index (χ0v) is 14.8. The molecule has 128 valence electrons. The number of halogens is 1. The maximum atomic E-state index is 13.0. The SMILES string of the molecule is C[C@@H](Sc1nnc(Cc2ccccc2)n1C)C(=O)c1ccc(F)cc1. The number of benzene rings is 2. The lowest BCUT2D eigenvalue weighted by Gasteiger charge is -2.10. The van der Waals surface area contributed by atoms with E-state index in [1.165, 1.54) is 36.0 Å². The number of carbonyl (C=O) groups is 1. The van der Waals surface area contributed by atoms with E-state index >= 15 is 0 Å². The van der Waals surface area contributed by atoms with Crippen LogP contribution in [0.15, 0.2) is 59.8 Å². The molecule has 1 aromatic heterocycles. The fourth-order valence-corrected chi connectivity index (χ4v) is 3.35. The van der Waals surface area contributed by atoms with Crippen LogP contribution in [-0.4, -0.2) is 25.8 Å². The second-order valence-electron chi connectivity index (χ2n) is 5.75. The highest BCUT2D eigenvalue weighted by Crippen LogP contribution is 2.25. The van der Waals surface area contributed by atoms with Crippen LogP contribution in [0.3, 0.4) is 0 Å². The van der Waals surface area contributed by atoms with E-state index in [4.69, 9.17) is 0 Å². The van der Waals surface area contributed by atoms with Crippen molar-refractivity contribution in [2.24, 2.45) is 7.05 Å². The van der Waals surface area contributed by atoms with Crippen molar-refractivity contribution >= 4 is 17.5 Å². The number of rotatable bonds is 6. The van der Waals surface area contributed by atoms with Crippen molar-refractivity contribution in [3.05, 3.63) is 77.4 Å². The fourth-order valence-electron chi connectivity index (χ4n) is 2.44. The van der Waals surface area contributed by atoms with Crippen LogP contribution in [0, 0.1) is 5.82 Å². The van der Waals surface area contributed by atoms with Crippen molar-refractivity contribution in [1.29, 1.82) is 0 Å². The number of thioether (sulfide) groups is 1. The summed E-state index contributed by atoms with van der Waals surface area (Å²) in [5, 5.41) is 8.80. The van der Waals surface area contributed by atoms with Crippen molar-refractivity contribution in [2.45, 2.75) is 23.8 Å². The van der Waals surface area contributed by atoms with Gasteiger partial charge in [0.1, 0.15) is 11.6 Å². The molecule has 0 saturated heterocycles. The molecule has 4 nitrogen and oxygen atoms in total. The van der Waals surface area contributed by atoms with E-state index in [2.05, 4.69) is 10.2 Å². The Labute approximate surface area is 150 Å². The first-order chi connectivity index (χ1) is 12.0. The molecule has 1 atom stereocenters. The standard InChI is InChI=1S/C19H18FN3OS/c1-13(18(24)15-8-10-16(20)11-9-15)25-19-22-21-17(23(19)2)12-14-6-4-3-5-7-14/h3-11,13H,12H2,1-2H3/t13-/m1/s1. The Morgan fingerprint density at radius 2 is 1.80 bits per heavy atom. The Morgan fingerprint density at radius 3 is 2.48 bits per heavy atom. The molecule has 2 aromatic carbocycles. The van der Waals surface area contributed by atoms with Gasteiger partial charge in [0.2, 0.25) is 0 Å². The van der Waals surface area contributed by atoms with Gasteiger partial charge in [-0.15, -0.1) is 10.2 Å². The van der Waals surface area contributed by atoms with Crippen LogP contribution in [0.5, 0.6) is 0 Å². The van der Waals surface area contributed by atoms with E-state index in [9.17, 15) is 9.18 Å². The number of hydrogen-bond donors (Lipinski definition) is 0.